The second-order valence-corrected chi connectivity index (χ2v) is 8.92. The maximum atomic E-state index is 13.4. The number of hydrogen-bond acceptors (Lipinski definition) is 6. The Morgan fingerprint density at radius 1 is 1.03 bits per heavy atom. The molecular weight excluding hydrogens is 441 g/mol. The van der Waals surface area contributed by atoms with E-state index in [-0.39, 0.29) is 5.82 Å². The van der Waals surface area contributed by atoms with Crippen molar-refractivity contribution >= 4 is 22.7 Å². The molecule has 8 heteroatoms. The van der Waals surface area contributed by atoms with Gasteiger partial charge in [-0.2, -0.15) is 5.10 Å². The molecule has 1 unspecified atom stereocenters. The molecule has 4 rings (SSSR count). The molecule has 33 heavy (non-hydrogen) atoms. The van der Waals surface area contributed by atoms with Crippen molar-refractivity contribution in [3.63, 3.8) is 0 Å². The van der Waals surface area contributed by atoms with Gasteiger partial charge in [-0.15, -0.1) is 11.3 Å². The molecule has 0 spiro atoms. The number of benzene rings is 2. The fourth-order valence-electron chi connectivity index (χ4n) is 4.02. The van der Waals surface area contributed by atoms with E-state index in [2.05, 4.69) is 6.92 Å². The molecule has 174 valence electrons. The van der Waals surface area contributed by atoms with Crippen molar-refractivity contribution in [3.05, 3.63) is 52.4 Å². The smallest absolute Gasteiger partial charge is 0.211 e. The van der Waals surface area contributed by atoms with E-state index < -0.39 is 0 Å². The minimum absolute atomic E-state index is 0.289. The Morgan fingerprint density at radius 3 is 2.33 bits per heavy atom. The Labute approximate surface area is 197 Å². The molecule has 0 radical (unpaired) electrons. The van der Waals surface area contributed by atoms with Gasteiger partial charge in [-0.3, -0.25) is 0 Å². The molecule has 0 N–H and O–H groups in total. The summed E-state index contributed by atoms with van der Waals surface area (Å²) >= 11 is 1.48. The van der Waals surface area contributed by atoms with E-state index in [1.54, 1.807) is 33.5 Å². The molecule has 1 aliphatic carbocycles. The normalized spacial score (nSPS) is 17.9. The molecule has 1 heterocycles. The van der Waals surface area contributed by atoms with Crippen molar-refractivity contribution in [2.45, 2.75) is 32.6 Å². The molecule has 0 saturated heterocycles. The van der Waals surface area contributed by atoms with E-state index >= 15 is 0 Å². The second kappa shape index (κ2) is 10.2. The molecular formula is C25H28FN3O3S. The van der Waals surface area contributed by atoms with Crippen LogP contribution in [0.1, 0.15) is 32.6 Å². The predicted octanol–water partition coefficient (Wildman–Crippen LogP) is 6.03. The van der Waals surface area contributed by atoms with E-state index in [0.29, 0.717) is 33.7 Å². The molecule has 1 atom stereocenters. The molecule has 1 saturated carbocycles. The lowest BCUT2D eigenvalue weighted by atomic mass is 9.89. The third kappa shape index (κ3) is 5.11. The van der Waals surface area contributed by atoms with Gasteiger partial charge >= 0.3 is 0 Å². The van der Waals surface area contributed by atoms with Gasteiger partial charge in [0.2, 0.25) is 10.6 Å². The molecule has 0 amide bonds. The van der Waals surface area contributed by atoms with Crippen LogP contribution in [0.4, 0.5) is 10.1 Å². The first kappa shape index (κ1) is 23.0. The molecule has 3 aromatic rings. The maximum absolute atomic E-state index is 13.4. The average Bonchev–Trinajstić information content (AvgIpc) is 3.21. The van der Waals surface area contributed by atoms with Gasteiger partial charge in [0.05, 0.1) is 32.7 Å². The monoisotopic (exact) mass is 469 g/mol. The van der Waals surface area contributed by atoms with E-state index in [0.717, 1.165) is 36.2 Å². The summed E-state index contributed by atoms with van der Waals surface area (Å²) in [6.07, 6.45) is 4.29. The summed E-state index contributed by atoms with van der Waals surface area (Å²) in [7, 11) is 4.78. The van der Waals surface area contributed by atoms with Crippen molar-refractivity contribution in [1.29, 1.82) is 0 Å². The highest BCUT2D eigenvalue weighted by Gasteiger charge is 2.19. The minimum Gasteiger partial charge on any atom is -0.493 e. The van der Waals surface area contributed by atoms with Crippen molar-refractivity contribution in [3.8, 4) is 28.5 Å². The summed E-state index contributed by atoms with van der Waals surface area (Å²) in [5.41, 5.74) is 3.56. The summed E-state index contributed by atoms with van der Waals surface area (Å²) in [5.74, 6) is 2.00. The van der Waals surface area contributed by atoms with Crippen LogP contribution in [-0.4, -0.2) is 31.7 Å². The number of hydrogen-bond donors (Lipinski definition) is 0. The standard InChI is InChI=1S/C25H28FN3O3S/c1-16-6-5-7-20(12-16)28-29-21(15-33-25(29)27-19-10-8-18(26)9-11-19)17-13-22(30-2)24(32-4)23(14-17)31-3/h8-11,13-16H,5-7,12H2,1-4H3. The first-order chi connectivity index (χ1) is 16.0. The third-order valence-corrected chi connectivity index (χ3v) is 6.50. The van der Waals surface area contributed by atoms with Crippen LogP contribution >= 0.6 is 11.3 Å². The molecule has 1 aliphatic rings. The fraction of sp³-hybridized carbons (Fsp3) is 0.360. The average molecular weight is 470 g/mol. The van der Waals surface area contributed by atoms with E-state index in [9.17, 15) is 4.39 Å². The number of nitrogens with zero attached hydrogens (tertiary/aromatic N) is 3. The highest BCUT2D eigenvalue weighted by molar-refractivity contribution is 7.07. The number of rotatable bonds is 6. The Hall–Kier alpha value is -3.13. The minimum atomic E-state index is -0.289. The summed E-state index contributed by atoms with van der Waals surface area (Å²) in [6.45, 7) is 2.26. The second-order valence-electron chi connectivity index (χ2n) is 8.09. The SMILES string of the molecule is COc1cc(-c2csc(=Nc3ccc(F)cc3)n2N=C2CCCC(C)C2)cc(OC)c1OC. The first-order valence-electron chi connectivity index (χ1n) is 10.9. The Balaban J connectivity index is 1.89. The van der Waals surface area contributed by atoms with Gasteiger partial charge in [0.1, 0.15) is 5.82 Å². The van der Waals surface area contributed by atoms with Gasteiger partial charge in [-0.05, 0) is 68.0 Å². The lowest BCUT2D eigenvalue weighted by Gasteiger charge is -2.19. The molecule has 0 bridgehead atoms. The molecule has 0 aliphatic heterocycles. The Kier molecular flexibility index (Phi) is 7.13. The molecule has 1 aromatic heterocycles. The number of halogens is 1. The highest BCUT2D eigenvalue weighted by atomic mass is 32.1. The van der Waals surface area contributed by atoms with Crippen LogP contribution in [0.2, 0.25) is 0 Å². The van der Waals surface area contributed by atoms with E-state index in [1.165, 1.54) is 29.9 Å². The number of thiazole rings is 1. The highest BCUT2D eigenvalue weighted by Crippen LogP contribution is 2.41. The summed E-state index contributed by atoms with van der Waals surface area (Å²) in [6, 6.07) is 9.95. The maximum Gasteiger partial charge on any atom is 0.211 e. The van der Waals surface area contributed by atoms with Crippen molar-refractivity contribution in [2.75, 3.05) is 21.3 Å². The lowest BCUT2D eigenvalue weighted by molar-refractivity contribution is 0.324. The van der Waals surface area contributed by atoms with Crippen LogP contribution in [0, 0.1) is 11.7 Å². The van der Waals surface area contributed by atoms with Crippen molar-refractivity contribution in [1.82, 2.24) is 4.68 Å². The van der Waals surface area contributed by atoms with Crippen LogP contribution in [0.15, 0.2) is 51.9 Å². The number of aromatic nitrogens is 1. The molecule has 6 nitrogen and oxygen atoms in total. The van der Waals surface area contributed by atoms with E-state index in [1.807, 2.05) is 22.2 Å². The Bertz CT molecular complexity index is 1190. The van der Waals surface area contributed by atoms with Gasteiger partial charge in [0, 0.05) is 16.7 Å². The zero-order valence-electron chi connectivity index (χ0n) is 19.3. The van der Waals surface area contributed by atoms with Gasteiger partial charge in [0.25, 0.3) is 0 Å². The van der Waals surface area contributed by atoms with Crippen molar-refractivity contribution < 1.29 is 18.6 Å². The summed E-state index contributed by atoms with van der Waals surface area (Å²) in [4.78, 5) is 5.46. The fourth-order valence-corrected chi connectivity index (χ4v) is 4.87. The zero-order chi connectivity index (χ0) is 23.4. The lowest BCUT2D eigenvalue weighted by Crippen LogP contribution is -2.18. The van der Waals surface area contributed by atoms with Crippen LogP contribution in [-0.2, 0) is 0 Å². The quantitative estimate of drug-likeness (QED) is 0.443. The molecule has 2 aromatic carbocycles. The number of ether oxygens (including phenoxy) is 3. The van der Waals surface area contributed by atoms with Gasteiger partial charge < -0.3 is 14.2 Å². The van der Waals surface area contributed by atoms with Crippen LogP contribution in [0.5, 0.6) is 17.2 Å². The first-order valence-corrected chi connectivity index (χ1v) is 11.8. The summed E-state index contributed by atoms with van der Waals surface area (Å²) < 4.78 is 31.8. The Morgan fingerprint density at radius 2 is 1.73 bits per heavy atom. The number of methoxy groups -OCH3 is 3. The summed E-state index contributed by atoms with van der Waals surface area (Å²) in [5, 5.41) is 7.05. The third-order valence-electron chi connectivity index (χ3n) is 5.68. The van der Waals surface area contributed by atoms with Crippen LogP contribution in [0.25, 0.3) is 11.3 Å². The van der Waals surface area contributed by atoms with Crippen molar-refractivity contribution in [2.24, 2.45) is 16.0 Å². The van der Waals surface area contributed by atoms with Crippen LogP contribution in [0.3, 0.4) is 0 Å². The van der Waals surface area contributed by atoms with Gasteiger partial charge in [-0.1, -0.05) is 6.92 Å². The zero-order valence-corrected chi connectivity index (χ0v) is 20.1. The topological polar surface area (TPSA) is 57.3 Å². The molecule has 1 fully saturated rings. The van der Waals surface area contributed by atoms with Crippen LogP contribution < -0.4 is 19.0 Å². The van der Waals surface area contributed by atoms with E-state index in [4.69, 9.17) is 24.3 Å². The van der Waals surface area contributed by atoms with Gasteiger partial charge in [0.15, 0.2) is 11.5 Å². The largest absolute Gasteiger partial charge is 0.493 e. The predicted molar refractivity (Wildman–Crippen MR) is 129 cm³/mol. The van der Waals surface area contributed by atoms with Gasteiger partial charge in [-0.25, -0.2) is 14.1 Å².